The Hall–Kier alpha value is -1.50. The van der Waals surface area contributed by atoms with E-state index in [0.29, 0.717) is 42.1 Å². The summed E-state index contributed by atoms with van der Waals surface area (Å²) >= 11 is 6.46. The quantitative estimate of drug-likeness (QED) is 0.690. The summed E-state index contributed by atoms with van der Waals surface area (Å²) in [4.78, 5) is 16.8. The van der Waals surface area contributed by atoms with Crippen LogP contribution in [0.15, 0.2) is 12.1 Å². The smallest absolute Gasteiger partial charge is 0.222 e. The molecule has 0 saturated carbocycles. The zero-order chi connectivity index (χ0) is 19.9. The second kappa shape index (κ2) is 10.3. The first-order valence-corrected chi connectivity index (χ1v) is 10.5. The van der Waals surface area contributed by atoms with Crippen LogP contribution in [0, 0.1) is 5.92 Å². The number of rotatable bonds is 7. The molecule has 0 aromatic heterocycles. The van der Waals surface area contributed by atoms with Gasteiger partial charge >= 0.3 is 0 Å². The highest BCUT2D eigenvalue weighted by Crippen LogP contribution is 2.34. The van der Waals surface area contributed by atoms with Crippen LogP contribution in [0.2, 0.25) is 5.02 Å². The molecule has 1 aromatic carbocycles. The minimum atomic E-state index is 0.267. The topological polar surface area (TPSA) is 51.2 Å². The lowest BCUT2D eigenvalue weighted by Gasteiger charge is -2.33. The lowest BCUT2D eigenvalue weighted by molar-refractivity contribution is -0.135. The molecule has 156 valence electrons. The molecule has 0 radical (unpaired) electrons. The molecule has 1 atom stereocenters. The molecule has 1 amide bonds. The van der Waals surface area contributed by atoms with Gasteiger partial charge in [0.25, 0.3) is 0 Å². The van der Waals surface area contributed by atoms with Crippen LogP contribution >= 0.6 is 11.6 Å². The third kappa shape index (κ3) is 5.52. The molecule has 2 heterocycles. The van der Waals surface area contributed by atoms with Crippen LogP contribution in [-0.2, 0) is 16.1 Å². The highest BCUT2D eigenvalue weighted by atomic mass is 35.5. The summed E-state index contributed by atoms with van der Waals surface area (Å²) in [6.45, 7) is 5.62. The van der Waals surface area contributed by atoms with Gasteiger partial charge in [0.2, 0.25) is 5.91 Å². The SMILES string of the molecule is COc1cc(Cl)c(CN2CCC[C@H](CCC(=O)N3CCOCC3)C2)cc1OC. The molecule has 0 bridgehead atoms. The van der Waals surface area contributed by atoms with Crippen LogP contribution in [0.25, 0.3) is 0 Å². The molecule has 6 nitrogen and oxygen atoms in total. The number of amides is 1. The number of carbonyl (C=O) groups is 1. The summed E-state index contributed by atoms with van der Waals surface area (Å²) in [6.07, 6.45) is 3.93. The number of halogens is 1. The van der Waals surface area contributed by atoms with Crippen molar-refractivity contribution in [2.75, 3.05) is 53.6 Å². The zero-order valence-corrected chi connectivity index (χ0v) is 17.7. The van der Waals surface area contributed by atoms with Crippen LogP contribution in [-0.4, -0.2) is 69.3 Å². The highest BCUT2D eigenvalue weighted by molar-refractivity contribution is 6.31. The van der Waals surface area contributed by atoms with Gasteiger partial charge in [-0.1, -0.05) is 11.6 Å². The second-order valence-corrected chi connectivity index (χ2v) is 7.98. The fourth-order valence-corrected chi connectivity index (χ4v) is 4.30. The Morgan fingerprint density at radius 3 is 2.61 bits per heavy atom. The molecule has 2 aliphatic heterocycles. The van der Waals surface area contributed by atoms with Crippen molar-refractivity contribution < 1.29 is 19.0 Å². The summed E-state index contributed by atoms with van der Waals surface area (Å²) in [5.41, 5.74) is 1.05. The van der Waals surface area contributed by atoms with Gasteiger partial charge in [0.1, 0.15) is 0 Å². The number of hydrogen-bond acceptors (Lipinski definition) is 5. The standard InChI is InChI=1S/C21H31ClN2O4/c1-26-19-12-17(18(22)13-20(19)27-2)15-23-7-3-4-16(14-23)5-6-21(25)24-8-10-28-11-9-24/h12-13,16H,3-11,14-15H2,1-2H3/t16-/m1/s1. The maximum Gasteiger partial charge on any atom is 0.222 e. The van der Waals surface area contributed by atoms with E-state index in [1.54, 1.807) is 14.2 Å². The van der Waals surface area contributed by atoms with E-state index in [9.17, 15) is 4.79 Å². The van der Waals surface area contributed by atoms with E-state index in [4.69, 9.17) is 25.8 Å². The summed E-state index contributed by atoms with van der Waals surface area (Å²) in [6, 6.07) is 3.78. The Morgan fingerprint density at radius 2 is 1.89 bits per heavy atom. The molecule has 7 heteroatoms. The van der Waals surface area contributed by atoms with Gasteiger partial charge in [-0.25, -0.2) is 0 Å². The van der Waals surface area contributed by atoms with Gasteiger partial charge in [-0.05, 0) is 43.4 Å². The van der Waals surface area contributed by atoms with E-state index in [2.05, 4.69) is 4.90 Å². The molecule has 0 N–H and O–H groups in total. The average Bonchev–Trinajstić information content (AvgIpc) is 2.74. The summed E-state index contributed by atoms with van der Waals surface area (Å²) < 4.78 is 16.1. The van der Waals surface area contributed by atoms with Crippen molar-refractivity contribution in [3.05, 3.63) is 22.7 Å². The molecular formula is C21H31ClN2O4. The minimum absolute atomic E-state index is 0.267. The number of morpholine rings is 1. The molecule has 2 aliphatic rings. The van der Waals surface area contributed by atoms with Crippen molar-refractivity contribution in [2.45, 2.75) is 32.2 Å². The predicted octanol–water partition coefficient (Wildman–Crippen LogP) is 3.21. The van der Waals surface area contributed by atoms with Crippen LogP contribution in [0.5, 0.6) is 11.5 Å². The van der Waals surface area contributed by atoms with Crippen molar-refractivity contribution in [3.63, 3.8) is 0 Å². The first kappa shape index (κ1) is 21.2. The van der Waals surface area contributed by atoms with Gasteiger partial charge in [-0.2, -0.15) is 0 Å². The van der Waals surface area contributed by atoms with E-state index >= 15 is 0 Å². The third-order valence-electron chi connectivity index (χ3n) is 5.68. The number of methoxy groups -OCH3 is 2. The van der Waals surface area contributed by atoms with E-state index in [0.717, 1.165) is 51.1 Å². The average molecular weight is 411 g/mol. The fraction of sp³-hybridized carbons (Fsp3) is 0.667. The van der Waals surface area contributed by atoms with Crippen LogP contribution in [0.3, 0.4) is 0 Å². The lowest BCUT2D eigenvalue weighted by atomic mass is 9.92. The van der Waals surface area contributed by atoms with Gasteiger partial charge in [0, 0.05) is 43.7 Å². The normalized spacial score (nSPS) is 20.8. The van der Waals surface area contributed by atoms with Crippen molar-refractivity contribution in [1.29, 1.82) is 0 Å². The third-order valence-corrected chi connectivity index (χ3v) is 6.03. The van der Waals surface area contributed by atoms with E-state index in [-0.39, 0.29) is 5.91 Å². The number of likely N-dealkylation sites (tertiary alicyclic amines) is 1. The molecule has 0 aliphatic carbocycles. The first-order valence-electron chi connectivity index (χ1n) is 10.1. The number of nitrogens with zero attached hydrogens (tertiary/aromatic N) is 2. The van der Waals surface area contributed by atoms with Gasteiger partial charge in [-0.3, -0.25) is 9.69 Å². The molecule has 2 saturated heterocycles. The Kier molecular flexibility index (Phi) is 7.82. The highest BCUT2D eigenvalue weighted by Gasteiger charge is 2.24. The summed E-state index contributed by atoms with van der Waals surface area (Å²) in [5.74, 6) is 2.17. The maximum atomic E-state index is 12.4. The lowest BCUT2D eigenvalue weighted by Crippen LogP contribution is -2.41. The zero-order valence-electron chi connectivity index (χ0n) is 16.9. The monoisotopic (exact) mass is 410 g/mol. The molecule has 0 unspecified atom stereocenters. The number of piperidine rings is 1. The molecule has 1 aromatic rings. The van der Waals surface area contributed by atoms with Crippen LogP contribution in [0.4, 0.5) is 0 Å². The first-order chi connectivity index (χ1) is 13.6. The Bertz CT molecular complexity index is 664. The molecule has 28 heavy (non-hydrogen) atoms. The van der Waals surface area contributed by atoms with Gasteiger partial charge in [-0.15, -0.1) is 0 Å². The summed E-state index contributed by atoms with van der Waals surface area (Å²) in [5, 5.41) is 0.697. The van der Waals surface area contributed by atoms with Gasteiger partial charge in [0.15, 0.2) is 11.5 Å². The van der Waals surface area contributed by atoms with Crippen LogP contribution in [0.1, 0.15) is 31.2 Å². The Balaban J connectivity index is 1.53. The molecule has 0 spiro atoms. The second-order valence-electron chi connectivity index (χ2n) is 7.57. The van der Waals surface area contributed by atoms with E-state index in [1.165, 1.54) is 6.42 Å². The number of hydrogen-bond donors (Lipinski definition) is 0. The van der Waals surface area contributed by atoms with Gasteiger partial charge in [0.05, 0.1) is 27.4 Å². The summed E-state index contributed by atoms with van der Waals surface area (Å²) in [7, 11) is 3.25. The van der Waals surface area contributed by atoms with Crippen LogP contribution < -0.4 is 9.47 Å². The fourth-order valence-electron chi connectivity index (χ4n) is 4.09. The largest absolute Gasteiger partial charge is 0.493 e. The van der Waals surface area contributed by atoms with Crippen molar-refractivity contribution in [2.24, 2.45) is 5.92 Å². The van der Waals surface area contributed by atoms with Crippen molar-refractivity contribution in [3.8, 4) is 11.5 Å². The Morgan fingerprint density at radius 1 is 1.18 bits per heavy atom. The van der Waals surface area contributed by atoms with Crippen molar-refractivity contribution in [1.82, 2.24) is 9.80 Å². The molecule has 3 rings (SSSR count). The Labute approximate surface area is 172 Å². The van der Waals surface area contributed by atoms with E-state index < -0.39 is 0 Å². The number of carbonyl (C=O) groups excluding carboxylic acids is 1. The maximum absolute atomic E-state index is 12.4. The number of benzene rings is 1. The molecular weight excluding hydrogens is 380 g/mol. The predicted molar refractivity (Wildman–Crippen MR) is 109 cm³/mol. The minimum Gasteiger partial charge on any atom is -0.493 e. The van der Waals surface area contributed by atoms with E-state index in [1.807, 2.05) is 17.0 Å². The molecule has 2 fully saturated rings. The van der Waals surface area contributed by atoms with Crippen molar-refractivity contribution >= 4 is 17.5 Å². The van der Waals surface area contributed by atoms with Gasteiger partial charge < -0.3 is 19.1 Å². The number of ether oxygens (including phenoxy) is 3.